The maximum absolute atomic E-state index is 9.99. The molecule has 0 radical (unpaired) electrons. The number of aliphatic carboxylic acids is 1. The first-order valence-corrected chi connectivity index (χ1v) is 2.98. The lowest BCUT2D eigenvalue weighted by molar-refractivity contribution is -0.407. The number of thiol groups is 1. The third kappa shape index (κ3) is 2.87. The van der Waals surface area contributed by atoms with E-state index < -0.39 is 12.0 Å². The summed E-state index contributed by atoms with van der Waals surface area (Å²) in [6.45, 7) is 0. The van der Waals surface area contributed by atoms with Crippen LogP contribution in [0.2, 0.25) is 0 Å². The van der Waals surface area contributed by atoms with E-state index in [4.69, 9.17) is 5.11 Å². The van der Waals surface area contributed by atoms with Gasteiger partial charge >= 0.3 is 5.97 Å². The molecule has 0 aromatic rings. The van der Waals surface area contributed by atoms with Crippen molar-refractivity contribution in [1.29, 1.82) is 0 Å². The van der Waals surface area contributed by atoms with Gasteiger partial charge in [-0.25, -0.2) is 4.79 Å². The third-order valence-electron chi connectivity index (χ3n) is 0.827. The molecule has 1 unspecified atom stereocenters. The van der Waals surface area contributed by atoms with Gasteiger partial charge < -0.3 is 10.8 Å². The summed E-state index contributed by atoms with van der Waals surface area (Å²) in [5, 5.41) is 8.22. The summed E-state index contributed by atoms with van der Waals surface area (Å²) < 4.78 is 0. The number of carboxylic acid groups (broad SMARTS) is 1. The van der Waals surface area contributed by atoms with Gasteiger partial charge in [-0.3, -0.25) is 0 Å². The van der Waals surface area contributed by atoms with E-state index in [1.165, 1.54) is 0 Å². The third-order valence-corrected chi connectivity index (χ3v) is 1.09. The molecule has 48 valence electrons. The highest BCUT2D eigenvalue weighted by molar-refractivity contribution is 7.80. The van der Waals surface area contributed by atoms with Crippen LogP contribution in [0.25, 0.3) is 0 Å². The number of hydrogen-bond donors (Lipinski definition) is 3. The molecule has 0 rings (SSSR count). The van der Waals surface area contributed by atoms with Crippen molar-refractivity contribution < 1.29 is 15.6 Å². The van der Waals surface area contributed by atoms with Crippen molar-refractivity contribution in [2.24, 2.45) is 0 Å². The average molecular weight is 136 g/mol. The van der Waals surface area contributed by atoms with E-state index in [0.29, 0.717) is 12.2 Å². The Morgan fingerprint density at radius 2 is 2.38 bits per heavy atom. The highest BCUT2D eigenvalue weighted by atomic mass is 32.1. The number of carbonyl (C=O) groups is 1. The van der Waals surface area contributed by atoms with Crippen molar-refractivity contribution in [3.8, 4) is 0 Å². The maximum atomic E-state index is 9.99. The lowest BCUT2D eigenvalue weighted by Gasteiger charge is -1.96. The molecule has 0 fully saturated rings. The van der Waals surface area contributed by atoms with Crippen LogP contribution in [0.15, 0.2) is 0 Å². The first kappa shape index (κ1) is 7.78. The minimum absolute atomic E-state index is 0.493. The van der Waals surface area contributed by atoms with Gasteiger partial charge in [0.25, 0.3) is 0 Å². The SMILES string of the molecule is [NH3+]C(CCS)C(=O)O. The molecule has 8 heavy (non-hydrogen) atoms. The fourth-order valence-corrected chi connectivity index (χ4v) is 0.591. The Hall–Kier alpha value is -0.220. The van der Waals surface area contributed by atoms with E-state index in [0.717, 1.165) is 0 Å². The fraction of sp³-hybridized carbons (Fsp3) is 0.750. The van der Waals surface area contributed by atoms with Gasteiger partial charge in [-0.2, -0.15) is 12.6 Å². The van der Waals surface area contributed by atoms with Crippen LogP contribution in [-0.2, 0) is 4.79 Å². The largest absolute Gasteiger partial charge is 0.477 e. The summed E-state index contributed by atoms with van der Waals surface area (Å²) >= 11 is 3.85. The van der Waals surface area contributed by atoms with Crippen LogP contribution in [0.3, 0.4) is 0 Å². The number of carboxylic acids is 1. The molecule has 0 aliphatic rings. The van der Waals surface area contributed by atoms with Crippen molar-refractivity contribution in [3.05, 3.63) is 0 Å². The summed E-state index contributed by atoms with van der Waals surface area (Å²) in [6.07, 6.45) is 0.540. The van der Waals surface area contributed by atoms with Crippen LogP contribution in [-0.4, -0.2) is 22.9 Å². The van der Waals surface area contributed by atoms with Gasteiger partial charge in [-0.15, -0.1) is 0 Å². The van der Waals surface area contributed by atoms with Gasteiger partial charge in [-0.1, -0.05) is 0 Å². The Morgan fingerprint density at radius 3 is 2.50 bits per heavy atom. The van der Waals surface area contributed by atoms with E-state index in [1.807, 2.05) is 0 Å². The predicted molar refractivity (Wildman–Crippen MR) is 32.8 cm³/mol. The van der Waals surface area contributed by atoms with Crippen LogP contribution in [0.1, 0.15) is 6.42 Å². The highest BCUT2D eigenvalue weighted by Gasteiger charge is 2.12. The van der Waals surface area contributed by atoms with Crippen LogP contribution in [0.4, 0.5) is 0 Å². The lowest BCUT2D eigenvalue weighted by atomic mass is 10.2. The second-order valence-electron chi connectivity index (χ2n) is 1.55. The predicted octanol–water partition coefficient (Wildman–Crippen LogP) is -0.999. The molecule has 4 heteroatoms. The van der Waals surface area contributed by atoms with Crippen molar-refractivity contribution >= 4 is 18.6 Å². The summed E-state index contributed by atoms with van der Waals surface area (Å²) in [5.74, 6) is -0.264. The standard InChI is InChI=1S/C4H9NO2S/c5-3(1-2-8)4(6)7/h3,8H,1-2,5H2,(H,6,7)/p+1. The van der Waals surface area contributed by atoms with E-state index in [2.05, 4.69) is 18.4 Å². The lowest BCUT2D eigenvalue weighted by Crippen LogP contribution is -2.65. The first-order chi connectivity index (χ1) is 3.68. The molecule has 0 aliphatic carbocycles. The fourth-order valence-electron chi connectivity index (χ4n) is 0.279. The first-order valence-electron chi connectivity index (χ1n) is 2.35. The molecule has 0 aromatic heterocycles. The topological polar surface area (TPSA) is 64.9 Å². The van der Waals surface area contributed by atoms with Crippen molar-refractivity contribution in [1.82, 2.24) is 0 Å². The smallest absolute Gasteiger partial charge is 0.362 e. The second kappa shape index (κ2) is 3.74. The quantitative estimate of drug-likeness (QED) is 0.436. The molecule has 0 saturated heterocycles. The maximum Gasteiger partial charge on any atom is 0.362 e. The van der Waals surface area contributed by atoms with E-state index in [1.54, 1.807) is 0 Å². The summed E-state index contributed by atoms with van der Waals surface area (Å²) in [6, 6.07) is -0.493. The Kier molecular flexibility index (Phi) is 3.64. The van der Waals surface area contributed by atoms with Gasteiger partial charge in [0, 0.05) is 6.42 Å². The zero-order valence-electron chi connectivity index (χ0n) is 4.50. The van der Waals surface area contributed by atoms with Gasteiger partial charge in [0.05, 0.1) is 0 Å². The van der Waals surface area contributed by atoms with Crippen LogP contribution < -0.4 is 5.73 Å². The van der Waals surface area contributed by atoms with Crippen LogP contribution >= 0.6 is 12.6 Å². The van der Waals surface area contributed by atoms with Crippen LogP contribution in [0, 0.1) is 0 Å². The average Bonchev–Trinajstić information content (AvgIpc) is 1.67. The molecule has 0 aliphatic heterocycles. The molecule has 0 spiro atoms. The summed E-state index contributed by atoms with van der Waals surface area (Å²) in [7, 11) is 0. The molecule has 3 nitrogen and oxygen atoms in total. The molecular formula is C4H10NO2S+. The second-order valence-corrected chi connectivity index (χ2v) is 1.99. The van der Waals surface area contributed by atoms with Gasteiger partial charge in [0.1, 0.15) is 0 Å². The summed E-state index contributed by atoms with van der Waals surface area (Å²) in [4.78, 5) is 9.99. The Balaban J connectivity index is 3.32. The Labute approximate surface area is 53.3 Å². The summed E-state index contributed by atoms with van der Waals surface area (Å²) in [5.41, 5.74) is 3.38. The molecule has 4 N–H and O–H groups in total. The van der Waals surface area contributed by atoms with Crippen LogP contribution in [0.5, 0.6) is 0 Å². The molecule has 0 aromatic carbocycles. The Bertz CT molecular complexity index is 86.1. The molecular weight excluding hydrogens is 126 g/mol. The molecule has 1 atom stereocenters. The number of quaternary nitrogens is 1. The number of hydrogen-bond acceptors (Lipinski definition) is 2. The molecule has 0 amide bonds. The van der Waals surface area contributed by atoms with E-state index in [-0.39, 0.29) is 0 Å². The normalized spacial score (nSPS) is 13.2. The van der Waals surface area contributed by atoms with Crippen molar-refractivity contribution in [2.45, 2.75) is 12.5 Å². The zero-order valence-corrected chi connectivity index (χ0v) is 5.40. The molecule has 0 saturated carbocycles. The van der Waals surface area contributed by atoms with E-state index >= 15 is 0 Å². The minimum Gasteiger partial charge on any atom is -0.477 e. The minimum atomic E-state index is -0.848. The molecule has 0 heterocycles. The zero-order chi connectivity index (χ0) is 6.57. The number of rotatable bonds is 3. The monoisotopic (exact) mass is 136 g/mol. The van der Waals surface area contributed by atoms with E-state index in [9.17, 15) is 4.79 Å². The highest BCUT2D eigenvalue weighted by Crippen LogP contribution is 1.86. The van der Waals surface area contributed by atoms with Gasteiger partial charge in [-0.05, 0) is 5.75 Å². The Morgan fingerprint density at radius 1 is 1.88 bits per heavy atom. The van der Waals surface area contributed by atoms with Gasteiger partial charge in [0.15, 0.2) is 6.04 Å². The van der Waals surface area contributed by atoms with Crippen molar-refractivity contribution in [3.63, 3.8) is 0 Å². The van der Waals surface area contributed by atoms with Gasteiger partial charge in [0.2, 0.25) is 0 Å². The van der Waals surface area contributed by atoms with Crippen molar-refractivity contribution in [2.75, 3.05) is 5.75 Å². The molecule has 0 bridgehead atoms.